The Morgan fingerprint density at radius 3 is 2.17 bits per heavy atom. The Bertz CT molecular complexity index is 280. The average Bonchev–Trinajstić information content (AvgIpc) is 1.99. The van der Waals surface area contributed by atoms with E-state index in [4.69, 9.17) is 5.73 Å². The van der Waals surface area contributed by atoms with Crippen LogP contribution in [0.2, 0.25) is 0 Å². The van der Waals surface area contributed by atoms with Crippen molar-refractivity contribution in [2.24, 2.45) is 0 Å². The van der Waals surface area contributed by atoms with Gasteiger partial charge in [0.1, 0.15) is 11.5 Å². The van der Waals surface area contributed by atoms with E-state index in [2.05, 4.69) is 4.74 Å². The Labute approximate surface area is 74.7 Å². The first kappa shape index (κ1) is 11.0. The predicted molar refractivity (Wildman–Crippen MR) is 44.6 cm³/mol. The van der Waals surface area contributed by atoms with Gasteiger partial charge >= 0.3 is 0 Å². The quantitative estimate of drug-likeness (QED) is 0.696. The van der Waals surface area contributed by atoms with E-state index in [1.165, 1.54) is 7.11 Å². The van der Waals surface area contributed by atoms with Gasteiger partial charge in [-0.15, -0.1) is 12.4 Å². The lowest BCUT2D eigenvalue weighted by Gasteiger charge is -2.04. The fraction of sp³-hybridized carbons (Fsp3) is 0.143. The molecule has 0 heterocycles. The van der Waals surface area contributed by atoms with Gasteiger partial charge in [0.05, 0.1) is 7.11 Å². The first-order valence-electron chi connectivity index (χ1n) is 2.94. The largest absolute Gasteiger partial charge is 0.491 e. The summed E-state index contributed by atoms with van der Waals surface area (Å²) in [5.41, 5.74) is 4.86. The van der Waals surface area contributed by atoms with Gasteiger partial charge < -0.3 is 10.5 Å². The number of benzene rings is 1. The SMILES string of the molecule is COc1c(F)ccc(F)c1N.Cl. The summed E-state index contributed by atoms with van der Waals surface area (Å²) in [4.78, 5) is 0. The third kappa shape index (κ3) is 1.76. The van der Waals surface area contributed by atoms with Gasteiger partial charge in [-0.3, -0.25) is 0 Å². The molecule has 0 fully saturated rings. The van der Waals surface area contributed by atoms with Crippen molar-refractivity contribution in [2.45, 2.75) is 0 Å². The molecule has 0 aliphatic heterocycles. The zero-order valence-corrected chi connectivity index (χ0v) is 7.12. The molecule has 2 N–H and O–H groups in total. The third-order valence-electron chi connectivity index (χ3n) is 1.30. The van der Waals surface area contributed by atoms with Gasteiger partial charge in [-0.25, -0.2) is 8.78 Å². The molecular formula is C7H8ClF2NO. The van der Waals surface area contributed by atoms with Crippen molar-refractivity contribution in [1.82, 2.24) is 0 Å². The number of anilines is 1. The normalized spacial score (nSPS) is 8.92. The summed E-state index contributed by atoms with van der Waals surface area (Å²) in [5.74, 6) is -1.58. The second-order valence-electron chi connectivity index (χ2n) is 1.98. The summed E-state index contributed by atoms with van der Waals surface area (Å²) in [6.45, 7) is 0. The first-order valence-corrected chi connectivity index (χ1v) is 2.94. The minimum atomic E-state index is -0.678. The number of methoxy groups -OCH3 is 1. The molecule has 12 heavy (non-hydrogen) atoms. The molecular weight excluding hydrogens is 188 g/mol. The lowest BCUT2D eigenvalue weighted by Crippen LogP contribution is -1.98. The molecule has 0 amide bonds. The molecule has 2 nitrogen and oxygen atoms in total. The minimum Gasteiger partial charge on any atom is -0.491 e. The van der Waals surface area contributed by atoms with Crippen LogP contribution in [-0.2, 0) is 0 Å². The highest BCUT2D eigenvalue weighted by atomic mass is 35.5. The molecule has 5 heteroatoms. The molecule has 0 atom stereocenters. The van der Waals surface area contributed by atoms with Crippen LogP contribution in [0.5, 0.6) is 5.75 Å². The van der Waals surface area contributed by atoms with Crippen LogP contribution in [0.3, 0.4) is 0 Å². The zero-order chi connectivity index (χ0) is 8.43. The van der Waals surface area contributed by atoms with Gasteiger partial charge in [0.25, 0.3) is 0 Å². The maximum atomic E-state index is 12.7. The van der Waals surface area contributed by atoms with E-state index >= 15 is 0 Å². The van der Waals surface area contributed by atoms with E-state index < -0.39 is 11.6 Å². The molecule has 1 aromatic carbocycles. The molecule has 0 saturated heterocycles. The molecule has 0 aliphatic carbocycles. The van der Waals surface area contributed by atoms with Crippen LogP contribution in [0.1, 0.15) is 0 Å². The number of hydrogen-bond acceptors (Lipinski definition) is 2. The summed E-state index contributed by atoms with van der Waals surface area (Å²) in [6, 6.07) is 1.91. The Kier molecular flexibility index (Phi) is 3.76. The smallest absolute Gasteiger partial charge is 0.180 e. The van der Waals surface area contributed by atoms with Crippen molar-refractivity contribution in [3.63, 3.8) is 0 Å². The van der Waals surface area contributed by atoms with Crippen molar-refractivity contribution in [1.29, 1.82) is 0 Å². The summed E-state index contributed by atoms with van der Waals surface area (Å²) >= 11 is 0. The van der Waals surface area contributed by atoms with E-state index in [1.807, 2.05) is 0 Å². The summed E-state index contributed by atoms with van der Waals surface area (Å²) < 4.78 is 29.8. The molecule has 0 saturated carbocycles. The lowest BCUT2D eigenvalue weighted by atomic mass is 10.3. The van der Waals surface area contributed by atoms with Gasteiger partial charge in [0.15, 0.2) is 11.6 Å². The Morgan fingerprint density at radius 1 is 1.25 bits per heavy atom. The van der Waals surface area contributed by atoms with Gasteiger partial charge in [-0.05, 0) is 12.1 Å². The monoisotopic (exact) mass is 195 g/mol. The fourth-order valence-electron chi connectivity index (χ4n) is 0.756. The van der Waals surface area contributed by atoms with Crippen molar-refractivity contribution in [2.75, 3.05) is 12.8 Å². The topological polar surface area (TPSA) is 35.2 Å². The molecule has 0 radical (unpaired) electrons. The molecule has 0 aromatic heterocycles. The van der Waals surface area contributed by atoms with Crippen LogP contribution in [0, 0.1) is 11.6 Å². The molecule has 0 unspecified atom stereocenters. The molecule has 1 rings (SSSR count). The summed E-state index contributed by atoms with van der Waals surface area (Å²) in [6.07, 6.45) is 0. The van der Waals surface area contributed by atoms with Gasteiger partial charge in [-0.2, -0.15) is 0 Å². The number of nitrogen functional groups attached to an aromatic ring is 1. The maximum Gasteiger partial charge on any atom is 0.180 e. The Hall–Kier alpha value is -1.03. The third-order valence-corrected chi connectivity index (χ3v) is 1.30. The van der Waals surface area contributed by atoms with Crippen molar-refractivity contribution in [3.05, 3.63) is 23.8 Å². The highest BCUT2D eigenvalue weighted by Gasteiger charge is 2.09. The predicted octanol–water partition coefficient (Wildman–Crippen LogP) is 1.98. The van der Waals surface area contributed by atoms with E-state index in [1.54, 1.807) is 0 Å². The minimum absolute atomic E-state index is 0. The summed E-state index contributed by atoms with van der Waals surface area (Å²) in [7, 11) is 1.23. The van der Waals surface area contributed by atoms with Crippen molar-refractivity contribution < 1.29 is 13.5 Å². The van der Waals surface area contributed by atoms with Gasteiger partial charge in [-0.1, -0.05) is 0 Å². The first-order chi connectivity index (χ1) is 5.16. The molecule has 0 aliphatic rings. The maximum absolute atomic E-state index is 12.7. The highest BCUT2D eigenvalue weighted by Crippen LogP contribution is 2.26. The number of nitrogens with two attached hydrogens (primary N) is 1. The van der Waals surface area contributed by atoms with E-state index in [0.717, 1.165) is 12.1 Å². The fourth-order valence-corrected chi connectivity index (χ4v) is 0.756. The number of rotatable bonds is 1. The van der Waals surface area contributed by atoms with E-state index in [9.17, 15) is 8.78 Å². The van der Waals surface area contributed by atoms with Crippen LogP contribution < -0.4 is 10.5 Å². The van der Waals surface area contributed by atoms with Crippen LogP contribution in [0.4, 0.5) is 14.5 Å². The number of ether oxygens (including phenoxy) is 1. The molecule has 0 spiro atoms. The molecule has 1 aromatic rings. The highest BCUT2D eigenvalue weighted by molar-refractivity contribution is 5.85. The second-order valence-corrected chi connectivity index (χ2v) is 1.98. The van der Waals surface area contributed by atoms with Crippen LogP contribution >= 0.6 is 12.4 Å². The van der Waals surface area contributed by atoms with Gasteiger partial charge in [0, 0.05) is 0 Å². The lowest BCUT2D eigenvalue weighted by molar-refractivity contribution is 0.386. The zero-order valence-electron chi connectivity index (χ0n) is 6.30. The average molecular weight is 196 g/mol. The van der Waals surface area contributed by atoms with Crippen LogP contribution in [0.15, 0.2) is 12.1 Å². The van der Waals surface area contributed by atoms with Crippen LogP contribution in [0.25, 0.3) is 0 Å². The standard InChI is InChI=1S/C7H7F2NO.ClH/c1-11-7-5(9)3-2-4(8)6(7)10;/h2-3H,10H2,1H3;1H. The van der Waals surface area contributed by atoms with Gasteiger partial charge in [0.2, 0.25) is 0 Å². The summed E-state index contributed by atoms with van der Waals surface area (Å²) in [5, 5.41) is 0. The van der Waals surface area contributed by atoms with Crippen LogP contribution in [-0.4, -0.2) is 7.11 Å². The molecule has 68 valence electrons. The van der Waals surface area contributed by atoms with E-state index in [0.29, 0.717) is 0 Å². The second kappa shape index (κ2) is 4.11. The number of halogens is 3. The van der Waals surface area contributed by atoms with E-state index in [-0.39, 0.29) is 23.8 Å². The Balaban J connectivity index is 0.00000121. The number of hydrogen-bond donors (Lipinski definition) is 1. The van der Waals surface area contributed by atoms with Crippen molar-refractivity contribution >= 4 is 18.1 Å². The molecule has 0 bridgehead atoms. The Morgan fingerprint density at radius 2 is 1.75 bits per heavy atom. The van der Waals surface area contributed by atoms with Crippen molar-refractivity contribution in [3.8, 4) is 5.75 Å².